The Hall–Kier alpha value is -2.04. The molecule has 2 aromatic rings. The number of anilines is 2. The van der Waals surface area contributed by atoms with Crippen LogP contribution in [0.5, 0.6) is 0 Å². The Morgan fingerprint density at radius 3 is 2.89 bits per heavy atom. The van der Waals surface area contributed by atoms with Crippen LogP contribution in [0.25, 0.3) is 10.9 Å². The van der Waals surface area contributed by atoms with Crippen molar-refractivity contribution in [3.63, 3.8) is 0 Å². The summed E-state index contributed by atoms with van der Waals surface area (Å²) < 4.78 is 0. The van der Waals surface area contributed by atoms with Crippen LogP contribution in [0.15, 0.2) is 23.0 Å². The third-order valence-corrected chi connectivity index (χ3v) is 3.20. The maximum Gasteiger partial charge on any atom is 0.260 e. The summed E-state index contributed by atoms with van der Waals surface area (Å²) in [6.07, 6.45) is 3.15. The third-order valence-electron chi connectivity index (χ3n) is 3.20. The molecule has 102 valence electrons. The van der Waals surface area contributed by atoms with E-state index in [1.54, 1.807) is 18.2 Å². The number of nitrogen functional groups attached to an aromatic ring is 1. The maximum absolute atomic E-state index is 12.0. The van der Waals surface area contributed by atoms with Crippen LogP contribution in [-0.4, -0.2) is 16.0 Å². The molecule has 5 heteroatoms. The highest BCUT2D eigenvalue weighted by atomic mass is 16.1. The molecule has 0 aliphatic rings. The highest BCUT2D eigenvalue weighted by Gasteiger charge is 2.08. The van der Waals surface area contributed by atoms with E-state index in [0.717, 1.165) is 19.3 Å². The minimum absolute atomic E-state index is 0.161. The smallest absolute Gasteiger partial charge is 0.260 e. The van der Waals surface area contributed by atoms with Crippen molar-refractivity contribution in [2.45, 2.75) is 39.2 Å². The molecule has 0 spiro atoms. The number of nitrogens with zero attached hydrogens (tertiary/aromatic N) is 1. The van der Waals surface area contributed by atoms with Gasteiger partial charge in [-0.1, -0.05) is 20.3 Å². The van der Waals surface area contributed by atoms with Crippen LogP contribution >= 0.6 is 0 Å². The zero-order valence-electron chi connectivity index (χ0n) is 11.4. The lowest BCUT2D eigenvalue weighted by molar-refractivity contribution is 0.618. The van der Waals surface area contributed by atoms with Gasteiger partial charge >= 0.3 is 0 Å². The SMILES string of the molecule is CCCC(CC)Nc1nc2ccc(N)cc2c(=O)[nH]1. The number of hydrogen-bond donors (Lipinski definition) is 3. The lowest BCUT2D eigenvalue weighted by atomic mass is 10.1. The second kappa shape index (κ2) is 5.73. The van der Waals surface area contributed by atoms with Crippen LogP contribution in [0.4, 0.5) is 11.6 Å². The molecule has 0 saturated heterocycles. The van der Waals surface area contributed by atoms with Crippen molar-refractivity contribution in [3.05, 3.63) is 28.6 Å². The van der Waals surface area contributed by atoms with Crippen molar-refractivity contribution < 1.29 is 0 Å². The van der Waals surface area contributed by atoms with E-state index in [1.807, 2.05) is 0 Å². The molecule has 5 nitrogen and oxygen atoms in total. The van der Waals surface area contributed by atoms with Crippen molar-refractivity contribution in [1.29, 1.82) is 0 Å². The average molecular weight is 260 g/mol. The lowest BCUT2D eigenvalue weighted by Crippen LogP contribution is -2.22. The van der Waals surface area contributed by atoms with Crippen molar-refractivity contribution in [2.75, 3.05) is 11.1 Å². The number of nitrogens with one attached hydrogen (secondary N) is 2. The highest BCUT2D eigenvalue weighted by Crippen LogP contribution is 2.14. The van der Waals surface area contributed by atoms with E-state index < -0.39 is 0 Å². The van der Waals surface area contributed by atoms with Gasteiger partial charge in [0.05, 0.1) is 10.9 Å². The molecular formula is C14H20N4O. The van der Waals surface area contributed by atoms with E-state index in [-0.39, 0.29) is 5.56 Å². The molecule has 1 atom stereocenters. The van der Waals surface area contributed by atoms with Gasteiger partial charge in [-0.05, 0) is 31.0 Å². The number of H-pyrrole nitrogens is 1. The van der Waals surface area contributed by atoms with Crippen molar-refractivity contribution in [1.82, 2.24) is 9.97 Å². The minimum Gasteiger partial charge on any atom is -0.399 e. The van der Waals surface area contributed by atoms with Crippen molar-refractivity contribution in [2.24, 2.45) is 0 Å². The lowest BCUT2D eigenvalue weighted by Gasteiger charge is -2.16. The molecule has 2 rings (SSSR count). The fraction of sp³-hybridized carbons (Fsp3) is 0.429. The van der Waals surface area contributed by atoms with Crippen LogP contribution in [-0.2, 0) is 0 Å². The van der Waals surface area contributed by atoms with Crippen LogP contribution in [0.3, 0.4) is 0 Å². The molecule has 0 aliphatic carbocycles. The van der Waals surface area contributed by atoms with Crippen molar-refractivity contribution in [3.8, 4) is 0 Å². The highest BCUT2D eigenvalue weighted by molar-refractivity contribution is 5.81. The van der Waals surface area contributed by atoms with Crippen LogP contribution < -0.4 is 16.6 Å². The second-order valence-corrected chi connectivity index (χ2v) is 4.73. The van der Waals surface area contributed by atoms with Gasteiger partial charge in [0.25, 0.3) is 5.56 Å². The summed E-state index contributed by atoms with van der Waals surface area (Å²) in [6.45, 7) is 4.26. The fourth-order valence-corrected chi connectivity index (χ4v) is 2.14. The molecule has 4 N–H and O–H groups in total. The number of nitrogens with two attached hydrogens (primary N) is 1. The van der Waals surface area contributed by atoms with Gasteiger partial charge in [0.2, 0.25) is 5.95 Å². The quantitative estimate of drug-likeness (QED) is 0.721. The van der Waals surface area contributed by atoms with Gasteiger partial charge < -0.3 is 11.1 Å². The molecular weight excluding hydrogens is 240 g/mol. The summed E-state index contributed by atoms with van der Waals surface area (Å²) in [4.78, 5) is 19.2. The molecule has 1 heterocycles. The normalized spacial score (nSPS) is 12.5. The van der Waals surface area contributed by atoms with Crippen LogP contribution in [0, 0.1) is 0 Å². The van der Waals surface area contributed by atoms with Crippen molar-refractivity contribution >= 4 is 22.5 Å². The third kappa shape index (κ3) is 3.05. The number of rotatable bonds is 5. The summed E-state index contributed by atoms with van der Waals surface area (Å²) in [5.74, 6) is 0.530. The first-order chi connectivity index (χ1) is 9.13. The largest absolute Gasteiger partial charge is 0.399 e. The monoisotopic (exact) mass is 260 g/mol. The summed E-state index contributed by atoms with van der Waals surface area (Å²) in [5.41, 5.74) is 6.74. The predicted octanol–water partition coefficient (Wildman–Crippen LogP) is 2.50. The molecule has 0 aliphatic heterocycles. The van der Waals surface area contributed by atoms with E-state index in [9.17, 15) is 4.79 Å². The van der Waals surface area contributed by atoms with Crippen LogP contribution in [0.2, 0.25) is 0 Å². The Bertz CT molecular complexity index is 620. The predicted molar refractivity (Wildman–Crippen MR) is 79.4 cm³/mol. The van der Waals surface area contributed by atoms with E-state index in [1.165, 1.54) is 0 Å². The Morgan fingerprint density at radius 1 is 1.42 bits per heavy atom. The summed E-state index contributed by atoms with van der Waals surface area (Å²) in [6, 6.07) is 5.50. The number of fused-ring (bicyclic) bond motifs is 1. The topological polar surface area (TPSA) is 83.8 Å². The molecule has 0 fully saturated rings. The van der Waals surface area contributed by atoms with Gasteiger partial charge in [0.1, 0.15) is 0 Å². The van der Waals surface area contributed by atoms with Gasteiger partial charge in [0.15, 0.2) is 0 Å². The molecule has 0 radical (unpaired) electrons. The molecule has 1 aromatic carbocycles. The summed E-state index contributed by atoms with van der Waals surface area (Å²) in [5, 5.41) is 3.80. The average Bonchev–Trinajstić information content (AvgIpc) is 2.39. The second-order valence-electron chi connectivity index (χ2n) is 4.73. The maximum atomic E-state index is 12.0. The van der Waals surface area contributed by atoms with Gasteiger partial charge in [-0.3, -0.25) is 9.78 Å². The van der Waals surface area contributed by atoms with Gasteiger partial charge in [0, 0.05) is 11.7 Å². The number of hydrogen-bond acceptors (Lipinski definition) is 4. The summed E-state index contributed by atoms with van der Waals surface area (Å²) in [7, 11) is 0. The van der Waals surface area contributed by atoms with E-state index in [0.29, 0.717) is 28.6 Å². The van der Waals surface area contributed by atoms with Gasteiger partial charge in [-0.2, -0.15) is 0 Å². The molecule has 0 saturated carbocycles. The molecule has 1 aromatic heterocycles. The van der Waals surface area contributed by atoms with E-state index >= 15 is 0 Å². The van der Waals surface area contributed by atoms with E-state index in [4.69, 9.17) is 5.73 Å². The Morgan fingerprint density at radius 2 is 2.21 bits per heavy atom. The molecule has 0 amide bonds. The standard InChI is InChI=1S/C14H20N4O/c1-3-5-10(4-2)16-14-17-12-7-6-9(15)8-11(12)13(19)18-14/h6-8,10H,3-5,15H2,1-2H3,(H2,16,17,18,19). The Balaban J connectivity index is 2.35. The number of benzene rings is 1. The minimum atomic E-state index is -0.161. The first-order valence-electron chi connectivity index (χ1n) is 6.70. The zero-order valence-corrected chi connectivity index (χ0v) is 11.4. The van der Waals surface area contributed by atoms with Crippen LogP contribution in [0.1, 0.15) is 33.1 Å². The van der Waals surface area contributed by atoms with Gasteiger partial charge in [-0.25, -0.2) is 4.98 Å². The summed E-state index contributed by atoms with van der Waals surface area (Å²) >= 11 is 0. The molecule has 19 heavy (non-hydrogen) atoms. The Labute approximate surface area is 112 Å². The molecule has 0 bridgehead atoms. The zero-order chi connectivity index (χ0) is 13.8. The fourth-order valence-electron chi connectivity index (χ4n) is 2.14. The molecule has 1 unspecified atom stereocenters. The number of aromatic nitrogens is 2. The number of aromatic amines is 1. The Kier molecular flexibility index (Phi) is 4.04. The first-order valence-corrected chi connectivity index (χ1v) is 6.70. The first kappa shape index (κ1) is 13.4. The van der Waals surface area contributed by atoms with E-state index in [2.05, 4.69) is 29.1 Å². The van der Waals surface area contributed by atoms with Gasteiger partial charge in [-0.15, -0.1) is 0 Å².